The maximum atomic E-state index is 6.08. The summed E-state index contributed by atoms with van der Waals surface area (Å²) in [7, 11) is 0. The predicted molar refractivity (Wildman–Crippen MR) is 73.2 cm³/mol. The van der Waals surface area contributed by atoms with Gasteiger partial charge in [-0.2, -0.15) is 0 Å². The molecular formula is C16H20O2. The summed E-state index contributed by atoms with van der Waals surface area (Å²) in [6, 6.07) is 10.3. The lowest BCUT2D eigenvalue weighted by Crippen LogP contribution is -2.20. The van der Waals surface area contributed by atoms with Crippen LogP contribution >= 0.6 is 0 Å². The zero-order chi connectivity index (χ0) is 12.8. The average molecular weight is 244 g/mol. The largest absolute Gasteiger partial charge is 0.349 e. The van der Waals surface area contributed by atoms with Crippen molar-refractivity contribution in [2.45, 2.75) is 32.2 Å². The molecule has 0 saturated heterocycles. The van der Waals surface area contributed by atoms with Gasteiger partial charge in [-0.25, -0.2) is 0 Å². The highest BCUT2D eigenvalue weighted by Crippen LogP contribution is 2.30. The first kappa shape index (κ1) is 13.1. The van der Waals surface area contributed by atoms with Crippen LogP contribution in [0.4, 0.5) is 0 Å². The summed E-state index contributed by atoms with van der Waals surface area (Å²) in [6.45, 7) is 6.44. The Morgan fingerprint density at radius 1 is 1.39 bits per heavy atom. The third-order valence-corrected chi connectivity index (χ3v) is 3.09. The fourth-order valence-corrected chi connectivity index (χ4v) is 2.17. The van der Waals surface area contributed by atoms with Gasteiger partial charge >= 0.3 is 0 Å². The lowest BCUT2D eigenvalue weighted by atomic mass is 10.1. The van der Waals surface area contributed by atoms with Crippen molar-refractivity contribution in [3.8, 4) is 0 Å². The van der Waals surface area contributed by atoms with Gasteiger partial charge < -0.3 is 9.47 Å². The summed E-state index contributed by atoms with van der Waals surface area (Å²) >= 11 is 0. The molecule has 1 heterocycles. The zero-order valence-corrected chi connectivity index (χ0v) is 10.8. The summed E-state index contributed by atoms with van der Waals surface area (Å²) in [5.41, 5.74) is 2.25. The molecule has 0 aliphatic carbocycles. The highest BCUT2D eigenvalue weighted by molar-refractivity contribution is 5.23. The van der Waals surface area contributed by atoms with E-state index in [4.69, 9.17) is 9.47 Å². The van der Waals surface area contributed by atoms with Gasteiger partial charge in [-0.05, 0) is 25.3 Å². The molecule has 0 spiro atoms. The van der Waals surface area contributed by atoms with Crippen LogP contribution in [0.5, 0.6) is 0 Å². The van der Waals surface area contributed by atoms with E-state index < -0.39 is 0 Å². The van der Waals surface area contributed by atoms with E-state index >= 15 is 0 Å². The van der Waals surface area contributed by atoms with E-state index in [-0.39, 0.29) is 12.4 Å². The van der Waals surface area contributed by atoms with E-state index in [0.717, 1.165) is 18.4 Å². The monoisotopic (exact) mass is 244 g/mol. The quantitative estimate of drug-likeness (QED) is 0.796. The molecule has 96 valence electrons. The van der Waals surface area contributed by atoms with E-state index in [0.29, 0.717) is 6.61 Å². The van der Waals surface area contributed by atoms with Crippen LogP contribution < -0.4 is 0 Å². The van der Waals surface area contributed by atoms with E-state index in [1.807, 2.05) is 31.2 Å². The van der Waals surface area contributed by atoms with Crippen molar-refractivity contribution >= 4 is 0 Å². The second kappa shape index (κ2) is 6.53. The average Bonchev–Trinajstić information content (AvgIpc) is 2.62. The molecule has 0 amide bonds. The van der Waals surface area contributed by atoms with Gasteiger partial charge in [0.15, 0.2) is 6.29 Å². The molecule has 2 atom stereocenters. The molecule has 2 heteroatoms. The van der Waals surface area contributed by atoms with E-state index in [1.54, 1.807) is 0 Å². The Morgan fingerprint density at radius 3 is 2.83 bits per heavy atom. The Labute approximate surface area is 109 Å². The smallest absolute Gasteiger partial charge is 0.184 e. The van der Waals surface area contributed by atoms with Gasteiger partial charge in [0, 0.05) is 12.2 Å². The molecule has 0 aromatic heterocycles. The second-order valence-corrected chi connectivity index (χ2v) is 4.31. The van der Waals surface area contributed by atoms with Crippen LogP contribution in [-0.4, -0.2) is 12.9 Å². The minimum atomic E-state index is -0.291. The van der Waals surface area contributed by atoms with Crippen molar-refractivity contribution in [1.82, 2.24) is 0 Å². The molecule has 18 heavy (non-hydrogen) atoms. The van der Waals surface area contributed by atoms with Crippen molar-refractivity contribution in [3.63, 3.8) is 0 Å². The normalized spacial score (nSPS) is 24.2. The van der Waals surface area contributed by atoms with E-state index in [9.17, 15) is 0 Å². The maximum Gasteiger partial charge on any atom is 0.184 e. The molecule has 1 aromatic carbocycles. The molecule has 0 bridgehead atoms. The first-order valence-electron chi connectivity index (χ1n) is 6.49. The maximum absolute atomic E-state index is 6.08. The number of benzene rings is 1. The van der Waals surface area contributed by atoms with Gasteiger partial charge in [0.25, 0.3) is 0 Å². The molecule has 0 fully saturated rings. The molecule has 2 nitrogen and oxygen atoms in total. The van der Waals surface area contributed by atoms with Gasteiger partial charge in [0.05, 0.1) is 6.10 Å². The zero-order valence-electron chi connectivity index (χ0n) is 10.8. The van der Waals surface area contributed by atoms with Crippen molar-refractivity contribution in [2.75, 3.05) is 6.61 Å². The number of rotatable bonds is 4. The minimum absolute atomic E-state index is 0.0939. The molecular weight excluding hydrogens is 224 g/mol. The molecule has 1 aromatic rings. The molecule has 0 N–H and O–H groups in total. The molecule has 0 unspecified atom stereocenters. The Bertz CT molecular complexity index is 408. The molecule has 1 aliphatic rings. The lowest BCUT2D eigenvalue weighted by Gasteiger charge is -2.23. The fourth-order valence-electron chi connectivity index (χ4n) is 2.17. The topological polar surface area (TPSA) is 18.5 Å². The minimum Gasteiger partial charge on any atom is -0.349 e. The molecule has 2 rings (SSSR count). The van der Waals surface area contributed by atoms with Gasteiger partial charge in [-0.3, -0.25) is 0 Å². The summed E-state index contributed by atoms with van der Waals surface area (Å²) in [5.74, 6) is 0. The van der Waals surface area contributed by atoms with Crippen molar-refractivity contribution in [2.24, 2.45) is 0 Å². The van der Waals surface area contributed by atoms with Crippen molar-refractivity contribution in [3.05, 3.63) is 60.2 Å². The van der Waals surface area contributed by atoms with Crippen LogP contribution in [0.3, 0.4) is 0 Å². The highest BCUT2D eigenvalue weighted by Gasteiger charge is 2.23. The van der Waals surface area contributed by atoms with Gasteiger partial charge in [-0.1, -0.05) is 49.1 Å². The number of hydrogen-bond donors (Lipinski definition) is 0. The Kier molecular flexibility index (Phi) is 4.73. The number of allylic oxidation sites excluding steroid dienone is 1. The Balaban J connectivity index is 2.15. The summed E-state index contributed by atoms with van der Waals surface area (Å²) in [4.78, 5) is 0. The second-order valence-electron chi connectivity index (χ2n) is 4.31. The molecule has 1 aliphatic heterocycles. The van der Waals surface area contributed by atoms with Gasteiger partial charge in [0.2, 0.25) is 0 Å². The molecule has 0 saturated carbocycles. The standard InChI is InChI=1S/C16H20O2/c1-3-13-11-8-12-15(18-16(13)17-4-2)14-9-6-5-7-10-14/h3,5-7,9-11,15-16H,1,4,8,12H2,2H3/t15-,16+/m0/s1. The first-order valence-corrected chi connectivity index (χ1v) is 6.49. The van der Waals surface area contributed by atoms with E-state index in [1.165, 1.54) is 5.56 Å². The fraction of sp³-hybridized carbons (Fsp3) is 0.375. The van der Waals surface area contributed by atoms with Crippen LogP contribution in [0.15, 0.2) is 54.6 Å². The van der Waals surface area contributed by atoms with Gasteiger partial charge in [0.1, 0.15) is 0 Å². The Hall–Kier alpha value is -1.38. The van der Waals surface area contributed by atoms with Crippen LogP contribution in [0.1, 0.15) is 31.4 Å². The van der Waals surface area contributed by atoms with E-state index in [2.05, 4.69) is 24.8 Å². The van der Waals surface area contributed by atoms with Crippen molar-refractivity contribution in [1.29, 1.82) is 0 Å². The number of hydrogen-bond acceptors (Lipinski definition) is 2. The lowest BCUT2D eigenvalue weighted by molar-refractivity contribution is -0.145. The predicted octanol–water partition coefficient (Wildman–Crippen LogP) is 4.01. The SMILES string of the molecule is C=CC1=CCC[C@@H](c2ccccc2)O[C@H]1OCC. The first-order chi connectivity index (χ1) is 8.85. The highest BCUT2D eigenvalue weighted by atomic mass is 16.7. The third kappa shape index (κ3) is 3.09. The van der Waals surface area contributed by atoms with Gasteiger partial charge in [-0.15, -0.1) is 0 Å². The summed E-state index contributed by atoms with van der Waals surface area (Å²) < 4.78 is 11.7. The van der Waals surface area contributed by atoms with Crippen molar-refractivity contribution < 1.29 is 9.47 Å². The third-order valence-electron chi connectivity index (χ3n) is 3.09. The summed E-state index contributed by atoms with van der Waals surface area (Å²) in [6.07, 6.45) is 5.76. The van der Waals surface area contributed by atoms with Crippen LogP contribution in [0.25, 0.3) is 0 Å². The number of ether oxygens (including phenoxy) is 2. The summed E-state index contributed by atoms with van der Waals surface area (Å²) in [5, 5.41) is 0. The van der Waals surface area contributed by atoms with Crippen LogP contribution in [-0.2, 0) is 9.47 Å². The molecule has 0 radical (unpaired) electrons. The van der Waals surface area contributed by atoms with Crippen LogP contribution in [0, 0.1) is 0 Å². The van der Waals surface area contributed by atoms with Crippen LogP contribution in [0.2, 0.25) is 0 Å². The Morgan fingerprint density at radius 2 is 2.17 bits per heavy atom.